The summed E-state index contributed by atoms with van der Waals surface area (Å²) in [6, 6.07) is -0.634. The molecule has 1 atom stereocenters. The molecule has 21 heavy (non-hydrogen) atoms. The molecule has 8 nitrogen and oxygen atoms in total. The number of methoxy groups -OCH3 is 1. The first-order chi connectivity index (χ1) is 9.72. The van der Waals surface area contributed by atoms with Crippen LogP contribution in [0.4, 0.5) is 0 Å². The second-order valence-corrected chi connectivity index (χ2v) is 9.16. The summed E-state index contributed by atoms with van der Waals surface area (Å²) in [5.74, 6) is -1.04. The van der Waals surface area contributed by atoms with Crippen LogP contribution in [0.2, 0.25) is 0 Å². The molecule has 0 aromatic heterocycles. The molecule has 1 aliphatic rings. The smallest absolute Gasteiger partial charge is 0.305 e. The van der Waals surface area contributed by atoms with Crippen molar-refractivity contribution in [3.8, 4) is 0 Å². The minimum Gasteiger partial charge on any atom is -0.469 e. The van der Waals surface area contributed by atoms with E-state index in [0.29, 0.717) is 0 Å². The predicted octanol–water partition coefficient (Wildman–Crippen LogP) is -1.25. The minimum absolute atomic E-state index is 0.0222. The normalized spacial score (nSPS) is 21.6. The van der Waals surface area contributed by atoms with Crippen molar-refractivity contribution in [1.29, 1.82) is 0 Å². The number of carbonyl (C=O) groups excluding carboxylic acids is 1. The fourth-order valence-electron chi connectivity index (χ4n) is 2.27. The number of hydrogen-bond acceptors (Lipinski definition) is 7. The first-order valence-corrected chi connectivity index (χ1v) is 10.0. The standard InChI is InChI=1S/C11H21NO7S2/c1-19-11(14)3-2-7-21(17,18)12(5-6-13)10-4-8-20(15,16)9-10/h10,13H,2-9H2,1H3. The second-order valence-electron chi connectivity index (χ2n) is 4.89. The van der Waals surface area contributed by atoms with E-state index in [1.807, 2.05) is 0 Å². The fourth-order valence-corrected chi connectivity index (χ4v) is 5.83. The Bertz CT molecular complexity index is 555. The molecule has 1 heterocycles. The van der Waals surface area contributed by atoms with E-state index in [1.54, 1.807) is 0 Å². The molecule has 1 saturated heterocycles. The Morgan fingerprint density at radius 3 is 2.57 bits per heavy atom. The lowest BCUT2D eigenvalue weighted by molar-refractivity contribution is -0.140. The number of sulfonamides is 1. The van der Waals surface area contributed by atoms with Gasteiger partial charge in [0.05, 0.1) is 31.0 Å². The van der Waals surface area contributed by atoms with Gasteiger partial charge in [0.25, 0.3) is 0 Å². The van der Waals surface area contributed by atoms with Gasteiger partial charge in [-0.25, -0.2) is 16.8 Å². The summed E-state index contributed by atoms with van der Waals surface area (Å²) in [5.41, 5.74) is 0. The molecule has 1 N–H and O–H groups in total. The lowest BCUT2D eigenvalue weighted by Crippen LogP contribution is -2.44. The van der Waals surface area contributed by atoms with Crippen LogP contribution in [0, 0.1) is 0 Å². The molecule has 1 unspecified atom stereocenters. The highest BCUT2D eigenvalue weighted by Gasteiger charge is 2.37. The van der Waals surface area contributed by atoms with Crippen LogP contribution in [0.1, 0.15) is 19.3 Å². The van der Waals surface area contributed by atoms with Crippen molar-refractivity contribution in [2.75, 3.05) is 37.5 Å². The number of carbonyl (C=O) groups is 1. The van der Waals surface area contributed by atoms with Crippen molar-refractivity contribution in [1.82, 2.24) is 4.31 Å². The zero-order valence-electron chi connectivity index (χ0n) is 11.9. The maximum absolute atomic E-state index is 12.3. The number of hydrogen-bond donors (Lipinski definition) is 1. The van der Waals surface area contributed by atoms with E-state index in [4.69, 9.17) is 5.11 Å². The van der Waals surface area contributed by atoms with Crippen LogP contribution in [-0.4, -0.2) is 75.8 Å². The van der Waals surface area contributed by atoms with Gasteiger partial charge in [0.1, 0.15) is 0 Å². The van der Waals surface area contributed by atoms with Gasteiger partial charge in [0.2, 0.25) is 10.0 Å². The third-order valence-electron chi connectivity index (χ3n) is 3.30. The highest BCUT2D eigenvalue weighted by atomic mass is 32.2. The summed E-state index contributed by atoms with van der Waals surface area (Å²) in [7, 11) is -5.72. The molecule has 124 valence electrons. The third kappa shape index (κ3) is 5.53. The molecule has 1 aliphatic heterocycles. The number of ether oxygens (including phenoxy) is 1. The van der Waals surface area contributed by atoms with Crippen molar-refractivity contribution in [3.05, 3.63) is 0 Å². The Balaban J connectivity index is 2.72. The second kappa shape index (κ2) is 7.52. The van der Waals surface area contributed by atoms with Gasteiger partial charge in [-0.1, -0.05) is 0 Å². The molecule has 10 heteroatoms. The Morgan fingerprint density at radius 2 is 2.10 bits per heavy atom. The number of aliphatic hydroxyl groups is 1. The van der Waals surface area contributed by atoms with E-state index in [-0.39, 0.29) is 49.7 Å². The van der Waals surface area contributed by atoms with Gasteiger partial charge in [0, 0.05) is 19.0 Å². The van der Waals surface area contributed by atoms with Crippen molar-refractivity contribution < 1.29 is 31.5 Å². The molecule has 0 saturated carbocycles. The summed E-state index contributed by atoms with van der Waals surface area (Å²) in [6.45, 7) is -0.520. The van der Waals surface area contributed by atoms with E-state index in [0.717, 1.165) is 4.31 Å². The van der Waals surface area contributed by atoms with Crippen LogP contribution in [-0.2, 0) is 29.4 Å². The zero-order chi connectivity index (χ0) is 16.1. The average molecular weight is 343 g/mol. The number of aliphatic hydroxyl groups excluding tert-OH is 1. The molecule has 0 bridgehead atoms. The summed E-state index contributed by atoms with van der Waals surface area (Å²) < 4.78 is 52.9. The van der Waals surface area contributed by atoms with Crippen LogP contribution >= 0.6 is 0 Å². The highest BCUT2D eigenvalue weighted by Crippen LogP contribution is 2.21. The molecule has 1 fully saturated rings. The molecular formula is C11H21NO7S2. The SMILES string of the molecule is COC(=O)CCCS(=O)(=O)N(CCO)C1CCS(=O)(=O)C1. The summed E-state index contributed by atoms with van der Waals surface area (Å²) >= 11 is 0. The van der Waals surface area contributed by atoms with E-state index in [9.17, 15) is 21.6 Å². The third-order valence-corrected chi connectivity index (χ3v) is 7.05. The van der Waals surface area contributed by atoms with E-state index >= 15 is 0 Å². The van der Waals surface area contributed by atoms with Gasteiger partial charge in [-0.05, 0) is 12.8 Å². The molecule has 0 aromatic rings. The maximum atomic E-state index is 12.3. The molecule has 0 spiro atoms. The first kappa shape index (κ1) is 18.3. The van der Waals surface area contributed by atoms with Crippen molar-refractivity contribution in [3.63, 3.8) is 0 Å². The number of rotatable bonds is 8. The lowest BCUT2D eigenvalue weighted by Gasteiger charge is -2.26. The van der Waals surface area contributed by atoms with Crippen LogP contribution < -0.4 is 0 Å². The predicted molar refractivity (Wildman–Crippen MR) is 75.9 cm³/mol. The Labute approximate surface area is 125 Å². The lowest BCUT2D eigenvalue weighted by atomic mass is 10.3. The monoisotopic (exact) mass is 343 g/mol. The average Bonchev–Trinajstić information content (AvgIpc) is 2.75. The summed E-state index contributed by atoms with van der Waals surface area (Å²) in [6.07, 6.45) is 0.306. The Kier molecular flexibility index (Phi) is 6.57. The van der Waals surface area contributed by atoms with Gasteiger partial charge in [-0.3, -0.25) is 4.79 Å². The summed E-state index contributed by atoms with van der Waals surface area (Å²) in [4.78, 5) is 11.0. The van der Waals surface area contributed by atoms with Gasteiger partial charge >= 0.3 is 5.97 Å². The zero-order valence-corrected chi connectivity index (χ0v) is 13.5. The highest BCUT2D eigenvalue weighted by molar-refractivity contribution is 7.92. The van der Waals surface area contributed by atoms with Crippen LogP contribution in [0.25, 0.3) is 0 Å². The van der Waals surface area contributed by atoms with Gasteiger partial charge < -0.3 is 9.84 Å². The van der Waals surface area contributed by atoms with Crippen molar-refractivity contribution >= 4 is 25.8 Å². The topological polar surface area (TPSA) is 118 Å². The Hall–Kier alpha value is -0.710. The van der Waals surface area contributed by atoms with Crippen molar-refractivity contribution in [2.45, 2.75) is 25.3 Å². The van der Waals surface area contributed by atoms with E-state index in [2.05, 4.69) is 4.74 Å². The quantitative estimate of drug-likeness (QED) is 0.547. The Morgan fingerprint density at radius 1 is 1.43 bits per heavy atom. The number of nitrogens with zero attached hydrogens (tertiary/aromatic N) is 1. The van der Waals surface area contributed by atoms with Gasteiger partial charge in [-0.2, -0.15) is 4.31 Å². The molecule has 0 aromatic carbocycles. The first-order valence-electron chi connectivity index (χ1n) is 6.59. The van der Waals surface area contributed by atoms with E-state index in [1.165, 1.54) is 7.11 Å². The maximum Gasteiger partial charge on any atom is 0.305 e. The molecule has 1 rings (SSSR count). The minimum atomic E-state index is -3.72. The fraction of sp³-hybridized carbons (Fsp3) is 0.909. The molecule has 0 amide bonds. The molecule has 0 aliphatic carbocycles. The van der Waals surface area contributed by atoms with Crippen LogP contribution in [0.5, 0.6) is 0 Å². The largest absolute Gasteiger partial charge is 0.469 e. The molecule has 0 radical (unpaired) electrons. The molecular weight excluding hydrogens is 322 g/mol. The van der Waals surface area contributed by atoms with Crippen LogP contribution in [0.3, 0.4) is 0 Å². The van der Waals surface area contributed by atoms with Crippen LogP contribution in [0.15, 0.2) is 0 Å². The van der Waals surface area contributed by atoms with Gasteiger partial charge in [0.15, 0.2) is 9.84 Å². The van der Waals surface area contributed by atoms with Crippen molar-refractivity contribution in [2.24, 2.45) is 0 Å². The number of sulfone groups is 1. The van der Waals surface area contributed by atoms with Gasteiger partial charge in [-0.15, -0.1) is 0 Å². The number of esters is 1. The summed E-state index contributed by atoms with van der Waals surface area (Å²) in [5, 5.41) is 9.01. The van der Waals surface area contributed by atoms with E-state index < -0.39 is 31.9 Å².